The summed E-state index contributed by atoms with van der Waals surface area (Å²) in [5, 5.41) is 6.72. The molecule has 3 saturated carbocycles. The van der Waals surface area contributed by atoms with Crippen LogP contribution in [0.5, 0.6) is 5.88 Å². The summed E-state index contributed by atoms with van der Waals surface area (Å²) >= 11 is 0. The van der Waals surface area contributed by atoms with E-state index in [1.165, 1.54) is 11.0 Å². The summed E-state index contributed by atoms with van der Waals surface area (Å²) in [6.45, 7) is 9.25. The number of benzene rings is 1. The monoisotopic (exact) mass is 747 g/mol. The summed E-state index contributed by atoms with van der Waals surface area (Å²) in [7, 11) is -3.89. The first-order valence-electron chi connectivity index (χ1n) is 18.7. The lowest BCUT2D eigenvalue weighted by atomic mass is 9.84. The molecule has 4 fully saturated rings. The van der Waals surface area contributed by atoms with E-state index in [1.807, 2.05) is 51.1 Å². The van der Waals surface area contributed by atoms with Gasteiger partial charge in [-0.25, -0.2) is 18.2 Å². The smallest absolute Gasteiger partial charge is 0.408 e. The van der Waals surface area contributed by atoms with Crippen LogP contribution in [0.1, 0.15) is 84.1 Å². The topological polar surface area (TPSA) is 173 Å². The van der Waals surface area contributed by atoms with Crippen LogP contribution in [0.4, 0.5) is 4.79 Å². The number of sulfonamides is 1. The van der Waals surface area contributed by atoms with Gasteiger partial charge >= 0.3 is 6.09 Å². The number of nitrogens with zero attached hydrogens (tertiary/aromatic N) is 2. The summed E-state index contributed by atoms with van der Waals surface area (Å²) in [5.41, 5.74) is -1.38. The van der Waals surface area contributed by atoms with Gasteiger partial charge in [-0.1, -0.05) is 57.6 Å². The molecule has 1 aromatic carbocycles. The number of rotatable bonds is 6. The van der Waals surface area contributed by atoms with Gasteiger partial charge in [-0.15, -0.1) is 6.58 Å². The maximum atomic E-state index is 14.6. The highest BCUT2D eigenvalue weighted by molar-refractivity contribution is 7.91. The molecule has 3 aliphatic carbocycles. The lowest BCUT2D eigenvalue weighted by Gasteiger charge is -2.36. The Labute approximate surface area is 310 Å². The normalized spacial score (nSPS) is 31.2. The first-order valence-corrected chi connectivity index (χ1v) is 20.2. The van der Waals surface area contributed by atoms with E-state index in [-0.39, 0.29) is 31.4 Å². The molecule has 7 atom stereocenters. The Balaban J connectivity index is 1.23. The zero-order valence-corrected chi connectivity index (χ0v) is 31.3. The molecule has 3 N–H and O–H groups in total. The Morgan fingerprint density at radius 3 is 2.58 bits per heavy atom. The quantitative estimate of drug-likeness (QED) is 0.363. The molecule has 13 nitrogen and oxygen atoms in total. The Kier molecular flexibility index (Phi) is 9.79. The molecule has 1 aromatic heterocycles. The van der Waals surface area contributed by atoms with Crippen molar-refractivity contribution < 1.29 is 37.1 Å². The molecule has 0 radical (unpaired) electrons. The van der Waals surface area contributed by atoms with Crippen LogP contribution in [0.3, 0.4) is 0 Å². The minimum Gasteiger partial charge on any atom is -0.472 e. The summed E-state index contributed by atoms with van der Waals surface area (Å²) in [6, 6.07) is 5.70. The van der Waals surface area contributed by atoms with Crippen LogP contribution in [0.15, 0.2) is 49.2 Å². The SMILES string of the molecule is C=C[C@@H]1CC1(NC(=O)[C@@H]1C[C@@H]2CN1C(=O)[C@@H](C(C)(C)C)NC(=O)O[C@@H]1CCCC[C@H]1C/C=C/c1ccc3ccnc(c3c1)O2)C(=O)NS(=O)(=O)C1CC1. The van der Waals surface area contributed by atoms with Gasteiger partial charge in [-0.3, -0.25) is 19.1 Å². The van der Waals surface area contributed by atoms with Crippen LogP contribution in [0.25, 0.3) is 16.8 Å². The zero-order chi connectivity index (χ0) is 37.7. The van der Waals surface area contributed by atoms with E-state index in [4.69, 9.17) is 9.47 Å². The Morgan fingerprint density at radius 2 is 1.87 bits per heavy atom. The van der Waals surface area contributed by atoms with Gasteiger partial charge in [0.25, 0.3) is 5.91 Å². The van der Waals surface area contributed by atoms with Crippen LogP contribution < -0.4 is 20.1 Å². The first kappa shape index (κ1) is 36.9. The lowest BCUT2D eigenvalue weighted by Crippen LogP contribution is -2.60. The van der Waals surface area contributed by atoms with Crippen molar-refractivity contribution in [2.24, 2.45) is 17.3 Å². The second-order valence-electron chi connectivity index (χ2n) is 16.3. The number of ether oxygens (including phenoxy) is 2. The highest BCUT2D eigenvalue weighted by Gasteiger charge is 2.62. The van der Waals surface area contributed by atoms with E-state index in [1.54, 1.807) is 6.20 Å². The Bertz CT molecular complexity index is 1960. The molecule has 7 rings (SSSR count). The van der Waals surface area contributed by atoms with Crippen LogP contribution in [0, 0.1) is 17.3 Å². The molecule has 0 spiro atoms. The third kappa shape index (κ3) is 7.65. The number of hydrogen-bond acceptors (Lipinski definition) is 9. The van der Waals surface area contributed by atoms with Crippen molar-refractivity contribution >= 4 is 50.7 Å². The van der Waals surface area contributed by atoms with Gasteiger partial charge in [0.15, 0.2) is 0 Å². The molecule has 4 amide bonds. The Hall–Kier alpha value is -4.46. The molecule has 53 heavy (non-hydrogen) atoms. The predicted molar refractivity (Wildman–Crippen MR) is 198 cm³/mol. The molecule has 3 heterocycles. The van der Waals surface area contributed by atoms with Gasteiger partial charge in [-0.2, -0.15) is 0 Å². The molecular weight excluding hydrogens is 699 g/mol. The van der Waals surface area contributed by atoms with Gasteiger partial charge in [0.05, 0.1) is 11.8 Å². The van der Waals surface area contributed by atoms with E-state index < -0.39 is 74.1 Å². The number of pyridine rings is 1. The zero-order valence-electron chi connectivity index (χ0n) is 30.5. The van der Waals surface area contributed by atoms with Crippen molar-refractivity contribution in [2.45, 2.75) is 114 Å². The molecule has 5 aliphatic rings. The predicted octanol–water partition coefficient (Wildman–Crippen LogP) is 4.37. The standard InChI is InChI=1S/C39H49N5O8S/c1-5-26-21-39(26,36(47)43-53(49,50)28-15-16-28)42-33(45)30-20-27-22-44(30)35(46)32(38(2,3)4)41-37(48)52-31-12-7-6-10-25(31)11-8-9-23-13-14-24-17-18-40-34(51-27)29(24)19-23/h5,8-9,13-14,17-19,25-28,30-32H,1,6-7,10-12,15-16,20-22H2,2-4H3,(H,41,48)(H,42,45)(H,43,47)/b9-8+/t25-,26+,27+,30-,31+,32-,39?/m0/s1. The number of alkyl carbamates (subject to hydrolysis) is 1. The highest BCUT2D eigenvalue weighted by Crippen LogP contribution is 2.45. The summed E-state index contributed by atoms with van der Waals surface area (Å²) < 4.78 is 40.1. The lowest BCUT2D eigenvalue weighted by molar-refractivity contribution is -0.143. The molecule has 1 unspecified atom stereocenters. The van der Waals surface area contributed by atoms with Crippen LogP contribution in [0.2, 0.25) is 0 Å². The summed E-state index contributed by atoms with van der Waals surface area (Å²) in [5.74, 6) is -2.01. The number of aromatic nitrogens is 1. The molecule has 4 bridgehead atoms. The molecule has 2 aromatic rings. The fraction of sp³-hybridized carbons (Fsp3) is 0.564. The van der Waals surface area contributed by atoms with Crippen molar-refractivity contribution in [3.05, 3.63) is 54.8 Å². The number of amides is 4. The number of allylic oxidation sites excluding steroid dienone is 1. The van der Waals surface area contributed by atoms with Gasteiger partial charge < -0.3 is 25.0 Å². The first-order chi connectivity index (χ1) is 25.2. The average Bonchev–Trinajstić information content (AvgIpc) is 4.04. The molecule has 1 saturated heterocycles. The second-order valence-corrected chi connectivity index (χ2v) is 18.3. The van der Waals surface area contributed by atoms with E-state index in [0.717, 1.165) is 48.4 Å². The maximum absolute atomic E-state index is 14.6. The summed E-state index contributed by atoms with van der Waals surface area (Å²) in [6.07, 6.45) is 11.1. The van der Waals surface area contributed by atoms with Crippen LogP contribution >= 0.6 is 0 Å². The third-order valence-corrected chi connectivity index (χ3v) is 13.2. The molecule has 2 aliphatic heterocycles. The highest BCUT2D eigenvalue weighted by atomic mass is 32.2. The molecule has 14 heteroatoms. The van der Waals surface area contributed by atoms with E-state index in [0.29, 0.717) is 18.7 Å². The Morgan fingerprint density at radius 1 is 1.09 bits per heavy atom. The maximum Gasteiger partial charge on any atom is 0.408 e. The minimum absolute atomic E-state index is 0.0112. The summed E-state index contributed by atoms with van der Waals surface area (Å²) in [4.78, 5) is 62.0. The van der Waals surface area contributed by atoms with Gasteiger partial charge in [-0.05, 0) is 79.4 Å². The van der Waals surface area contributed by atoms with Crippen molar-refractivity contribution in [1.29, 1.82) is 0 Å². The second kappa shape index (κ2) is 14.1. The van der Waals surface area contributed by atoms with Crippen molar-refractivity contribution in [2.75, 3.05) is 6.54 Å². The minimum atomic E-state index is -3.89. The van der Waals surface area contributed by atoms with Crippen LogP contribution in [-0.2, 0) is 29.1 Å². The number of carbonyl (C=O) groups is 4. The number of carbonyl (C=O) groups excluding carboxylic acids is 4. The van der Waals surface area contributed by atoms with Crippen molar-refractivity contribution in [3.8, 4) is 5.88 Å². The van der Waals surface area contributed by atoms with Crippen molar-refractivity contribution in [3.63, 3.8) is 0 Å². The van der Waals surface area contributed by atoms with Gasteiger partial charge in [0.1, 0.15) is 29.8 Å². The largest absolute Gasteiger partial charge is 0.472 e. The van der Waals surface area contributed by atoms with Gasteiger partial charge in [0.2, 0.25) is 27.7 Å². The van der Waals surface area contributed by atoms with Crippen molar-refractivity contribution in [1.82, 2.24) is 25.2 Å². The molecular formula is C39H49N5O8S. The van der Waals surface area contributed by atoms with Crippen LogP contribution in [-0.4, -0.2) is 83.7 Å². The number of hydrogen-bond donors (Lipinski definition) is 3. The molecule has 284 valence electrons. The van der Waals surface area contributed by atoms with Gasteiger partial charge in [0, 0.05) is 23.9 Å². The van der Waals surface area contributed by atoms with E-state index in [2.05, 4.69) is 33.0 Å². The third-order valence-electron chi connectivity index (χ3n) is 11.4. The van der Waals surface area contributed by atoms with E-state index in [9.17, 15) is 27.6 Å². The number of nitrogens with one attached hydrogen (secondary N) is 3. The van der Waals surface area contributed by atoms with E-state index >= 15 is 0 Å². The average molecular weight is 748 g/mol. The fourth-order valence-electron chi connectivity index (χ4n) is 7.99. The number of fused-ring (bicyclic) bond motifs is 4. The fourth-order valence-corrected chi connectivity index (χ4v) is 9.35.